The van der Waals surface area contributed by atoms with Crippen molar-refractivity contribution in [2.24, 2.45) is 0 Å². The van der Waals surface area contributed by atoms with Gasteiger partial charge in [-0.3, -0.25) is 4.90 Å². The first-order valence-corrected chi connectivity index (χ1v) is 7.63. The Labute approximate surface area is 114 Å². The van der Waals surface area contributed by atoms with Gasteiger partial charge in [-0.05, 0) is 25.8 Å². The Morgan fingerprint density at radius 2 is 1.62 bits per heavy atom. The van der Waals surface area contributed by atoms with Crippen molar-refractivity contribution in [1.29, 1.82) is 0 Å². The van der Waals surface area contributed by atoms with Gasteiger partial charge >= 0.3 is 0 Å². The molecule has 0 atom stereocenters. The number of nitrogens with zero attached hydrogens (tertiary/aromatic N) is 3. The van der Waals surface area contributed by atoms with Crippen molar-refractivity contribution in [3.05, 3.63) is 0 Å². The monoisotopic (exact) mass is 337 g/mol. The summed E-state index contributed by atoms with van der Waals surface area (Å²) in [7, 11) is 0. The van der Waals surface area contributed by atoms with Crippen molar-refractivity contribution in [2.45, 2.75) is 32.2 Å². The largest absolute Gasteiger partial charge is 0.301 e. The third-order valence-corrected chi connectivity index (χ3v) is 4.84. The average molecular weight is 337 g/mol. The highest BCUT2D eigenvalue weighted by atomic mass is 127. The van der Waals surface area contributed by atoms with Gasteiger partial charge in [-0.2, -0.15) is 0 Å². The molecule has 0 unspecified atom stereocenters. The van der Waals surface area contributed by atoms with Gasteiger partial charge in [0, 0.05) is 68.2 Å². The highest BCUT2D eigenvalue weighted by molar-refractivity contribution is 14.1. The molecule has 4 heteroatoms. The van der Waals surface area contributed by atoms with Gasteiger partial charge in [0.2, 0.25) is 0 Å². The second kappa shape index (κ2) is 6.52. The fourth-order valence-electron chi connectivity index (χ4n) is 2.87. The lowest BCUT2D eigenvalue weighted by atomic mass is 10.0. The van der Waals surface area contributed by atoms with Crippen LogP contribution in [0.5, 0.6) is 0 Å². The minimum absolute atomic E-state index is 0.870. The number of halogens is 1. The molecule has 0 aromatic carbocycles. The van der Waals surface area contributed by atoms with Gasteiger partial charge in [0.1, 0.15) is 0 Å². The number of piperazine rings is 1. The molecule has 16 heavy (non-hydrogen) atoms. The SMILES string of the molecule is CCCN1CCN(C2CCN(I)CC2)CC1. The fraction of sp³-hybridized carbons (Fsp3) is 1.00. The lowest BCUT2D eigenvalue weighted by Gasteiger charge is -2.41. The summed E-state index contributed by atoms with van der Waals surface area (Å²) < 4.78 is 2.43. The van der Waals surface area contributed by atoms with Crippen LogP contribution in [-0.4, -0.2) is 64.8 Å². The molecule has 0 radical (unpaired) electrons. The van der Waals surface area contributed by atoms with E-state index in [9.17, 15) is 0 Å². The normalized spacial score (nSPS) is 27.4. The molecule has 0 N–H and O–H groups in total. The Bertz CT molecular complexity index is 196. The van der Waals surface area contributed by atoms with E-state index in [-0.39, 0.29) is 0 Å². The van der Waals surface area contributed by atoms with Crippen molar-refractivity contribution in [3.63, 3.8) is 0 Å². The molecular weight excluding hydrogens is 313 g/mol. The summed E-state index contributed by atoms with van der Waals surface area (Å²) in [5.74, 6) is 0. The molecule has 0 aliphatic carbocycles. The van der Waals surface area contributed by atoms with Crippen LogP contribution in [0.4, 0.5) is 0 Å². The smallest absolute Gasteiger partial charge is 0.0201 e. The van der Waals surface area contributed by atoms with Crippen LogP contribution in [0.1, 0.15) is 26.2 Å². The van der Waals surface area contributed by atoms with Crippen LogP contribution in [0, 0.1) is 0 Å². The average Bonchev–Trinajstić information content (AvgIpc) is 2.32. The first-order valence-electron chi connectivity index (χ1n) is 6.66. The van der Waals surface area contributed by atoms with Crippen LogP contribution in [0.3, 0.4) is 0 Å². The zero-order valence-corrected chi connectivity index (χ0v) is 12.5. The van der Waals surface area contributed by atoms with Crippen molar-refractivity contribution < 1.29 is 0 Å². The summed E-state index contributed by atoms with van der Waals surface area (Å²) in [4.78, 5) is 5.35. The first kappa shape index (κ1) is 13.1. The summed E-state index contributed by atoms with van der Waals surface area (Å²) >= 11 is 2.46. The lowest BCUT2D eigenvalue weighted by Crippen LogP contribution is -2.52. The van der Waals surface area contributed by atoms with Crippen LogP contribution in [-0.2, 0) is 0 Å². The summed E-state index contributed by atoms with van der Waals surface area (Å²) in [5, 5.41) is 0. The quantitative estimate of drug-likeness (QED) is 0.575. The predicted octanol–water partition coefficient (Wildman–Crippen LogP) is 1.83. The molecule has 0 amide bonds. The van der Waals surface area contributed by atoms with E-state index in [1.807, 2.05) is 0 Å². The molecule has 3 nitrogen and oxygen atoms in total. The highest BCUT2D eigenvalue weighted by Gasteiger charge is 2.26. The second-order valence-corrected chi connectivity index (χ2v) is 6.38. The third-order valence-electron chi connectivity index (χ3n) is 3.87. The minimum atomic E-state index is 0.870. The zero-order valence-electron chi connectivity index (χ0n) is 10.4. The molecule has 94 valence electrons. The van der Waals surface area contributed by atoms with Gasteiger partial charge in [-0.15, -0.1) is 0 Å². The molecule has 2 saturated heterocycles. The van der Waals surface area contributed by atoms with Gasteiger partial charge in [0.15, 0.2) is 0 Å². The second-order valence-electron chi connectivity index (χ2n) is 5.02. The van der Waals surface area contributed by atoms with Crippen molar-refractivity contribution >= 4 is 22.9 Å². The Morgan fingerprint density at radius 3 is 2.19 bits per heavy atom. The molecule has 2 fully saturated rings. The number of piperidine rings is 1. The van der Waals surface area contributed by atoms with Crippen LogP contribution < -0.4 is 0 Å². The molecule has 2 heterocycles. The van der Waals surface area contributed by atoms with Crippen molar-refractivity contribution in [3.8, 4) is 0 Å². The summed E-state index contributed by atoms with van der Waals surface area (Å²) in [6, 6.07) is 0.870. The van der Waals surface area contributed by atoms with E-state index in [4.69, 9.17) is 0 Å². The first-order chi connectivity index (χ1) is 7.79. The number of hydrogen-bond donors (Lipinski definition) is 0. The van der Waals surface area contributed by atoms with Gasteiger partial charge < -0.3 is 4.90 Å². The Balaban J connectivity index is 1.72. The standard InChI is InChI=1S/C12H24IN3/c1-2-5-14-8-10-15(11-9-14)12-3-6-16(13)7-4-12/h12H,2-11H2,1H3. The van der Waals surface area contributed by atoms with E-state index in [1.54, 1.807) is 0 Å². The zero-order chi connectivity index (χ0) is 11.4. The van der Waals surface area contributed by atoms with Crippen LogP contribution in [0.2, 0.25) is 0 Å². The predicted molar refractivity (Wildman–Crippen MR) is 76.9 cm³/mol. The van der Waals surface area contributed by atoms with Crippen molar-refractivity contribution in [1.82, 2.24) is 12.9 Å². The maximum atomic E-state index is 2.73. The maximum absolute atomic E-state index is 2.73. The number of rotatable bonds is 3. The van der Waals surface area contributed by atoms with Gasteiger partial charge in [0.25, 0.3) is 0 Å². The molecular formula is C12H24IN3. The van der Waals surface area contributed by atoms with Crippen LogP contribution in [0.25, 0.3) is 0 Å². The summed E-state index contributed by atoms with van der Waals surface area (Å²) in [5.41, 5.74) is 0. The molecule has 0 aromatic heterocycles. The lowest BCUT2D eigenvalue weighted by molar-refractivity contribution is 0.0758. The topological polar surface area (TPSA) is 9.72 Å². The van der Waals surface area contributed by atoms with E-state index in [0.29, 0.717) is 0 Å². The Hall–Kier alpha value is 0.610. The maximum Gasteiger partial charge on any atom is 0.0201 e. The highest BCUT2D eigenvalue weighted by Crippen LogP contribution is 2.20. The number of hydrogen-bond acceptors (Lipinski definition) is 3. The third kappa shape index (κ3) is 3.55. The minimum Gasteiger partial charge on any atom is -0.301 e. The Kier molecular flexibility index (Phi) is 5.32. The van der Waals surface area contributed by atoms with E-state index in [1.165, 1.54) is 65.1 Å². The molecule has 0 aromatic rings. The van der Waals surface area contributed by atoms with Crippen LogP contribution >= 0.6 is 22.9 Å². The summed E-state index contributed by atoms with van der Waals surface area (Å²) in [6.07, 6.45) is 4.04. The molecule has 0 saturated carbocycles. The molecule has 2 rings (SSSR count). The van der Waals surface area contributed by atoms with Crippen molar-refractivity contribution in [2.75, 3.05) is 45.8 Å². The molecule has 2 aliphatic rings. The van der Waals surface area contributed by atoms with E-state index in [0.717, 1.165) is 6.04 Å². The molecule has 0 spiro atoms. The Morgan fingerprint density at radius 1 is 1.00 bits per heavy atom. The van der Waals surface area contributed by atoms with Gasteiger partial charge in [-0.25, -0.2) is 3.11 Å². The molecule has 2 aliphatic heterocycles. The molecule has 0 bridgehead atoms. The van der Waals surface area contributed by atoms with E-state index < -0.39 is 0 Å². The van der Waals surface area contributed by atoms with Gasteiger partial charge in [0.05, 0.1) is 0 Å². The van der Waals surface area contributed by atoms with E-state index >= 15 is 0 Å². The summed E-state index contributed by atoms with van der Waals surface area (Å²) in [6.45, 7) is 11.3. The van der Waals surface area contributed by atoms with Gasteiger partial charge in [-0.1, -0.05) is 6.92 Å². The fourth-order valence-corrected chi connectivity index (χ4v) is 3.42. The van der Waals surface area contributed by atoms with Crippen LogP contribution in [0.15, 0.2) is 0 Å². The van der Waals surface area contributed by atoms with E-state index in [2.05, 4.69) is 42.7 Å².